The molecule has 0 saturated carbocycles. The lowest BCUT2D eigenvalue weighted by molar-refractivity contribution is 0.0820. The highest BCUT2D eigenvalue weighted by Gasteiger charge is 2.38. The minimum atomic E-state index is -2.56. The zero-order chi connectivity index (χ0) is 20.7. The van der Waals surface area contributed by atoms with E-state index in [1.54, 1.807) is 18.2 Å². The number of piperazine rings is 1. The van der Waals surface area contributed by atoms with Crippen molar-refractivity contribution >= 4 is 40.0 Å². The van der Waals surface area contributed by atoms with Gasteiger partial charge >= 0.3 is 0 Å². The van der Waals surface area contributed by atoms with Gasteiger partial charge in [-0.05, 0) is 36.8 Å². The third-order valence-corrected chi connectivity index (χ3v) is 5.67. The third kappa shape index (κ3) is 3.70. The van der Waals surface area contributed by atoms with E-state index in [1.165, 1.54) is 6.33 Å². The fraction of sp³-hybridized carbons (Fsp3) is 0.350. The predicted octanol–water partition coefficient (Wildman–Crippen LogP) is 3.62. The van der Waals surface area contributed by atoms with Crippen molar-refractivity contribution in [3.63, 3.8) is 0 Å². The van der Waals surface area contributed by atoms with Gasteiger partial charge in [-0.15, -0.1) is 0 Å². The lowest BCUT2D eigenvalue weighted by atomic mass is 10.2. The molecule has 3 aromatic rings. The minimum Gasteiger partial charge on any atom is -0.486 e. The van der Waals surface area contributed by atoms with Crippen LogP contribution < -0.4 is 20.3 Å². The SMILES string of the molecule is FC(F)COc1ccc(Nc2ncnc3ccc(N4C[C@@H]5C[C@H]4CN5)nc23)cc1Cl. The van der Waals surface area contributed by atoms with Crippen molar-refractivity contribution in [3.8, 4) is 5.75 Å². The van der Waals surface area contributed by atoms with Crippen molar-refractivity contribution < 1.29 is 13.5 Å². The van der Waals surface area contributed by atoms with Crippen LogP contribution in [0, 0.1) is 0 Å². The van der Waals surface area contributed by atoms with E-state index in [-0.39, 0.29) is 10.8 Å². The molecule has 0 unspecified atom stereocenters. The van der Waals surface area contributed by atoms with Gasteiger partial charge in [0.25, 0.3) is 6.43 Å². The molecule has 30 heavy (non-hydrogen) atoms. The summed E-state index contributed by atoms with van der Waals surface area (Å²) < 4.78 is 29.7. The van der Waals surface area contributed by atoms with Gasteiger partial charge in [-0.25, -0.2) is 23.7 Å². The van der Waals surface area contributed by atoms with Gasteiger partial charge in [0, 0.05) is 30.9 Å². The molecular formula is C20H19ClF2N6O. The van der Waals surface area contributed by atoms with E-state index in [4.69, 9.17) is 21.3 Å². The molecule has 7 nitrogen and oxygen atoms in total. The number of benzene rings is 1. The number of nitrogens with one attached hydrogen (secondary N) is 2. The van der Waals surface area contributed by atoms with Crippen LogP contribution in [0.15, 0.2) is 36.7 Å². The van der Waals surface area contributed by atoms with E-state index in [0.29, 0.717) is 29.1 Å². The van der Waals surface area contributed by atoms with Crippen LogP contribution in [0.25, 0.3) is 11.0 Å². The van der Waals surface area contributed by atoms with E-state index < -0.39 is 13.0 Å². The quantitative estimate of drug-likeness (QED) is 0.616. The Hall–Kier alpha value is -2.78. The molecule has 5 rings (SSSR count). The standard InChI is InChI=1S/C20H19ClF2N6O/c21-14-6-11(1-3-16(14)30-9-17(22)23)27-20-19-15(25-10-26-20)2-4-18(28-19)29-8-12-5-13(29)7-24-12/h1-4,6,10,12-13,17,24H,5,7-9H2,(H,25,26,27)/t12-,13-/m0/s1. The number of hydrogen-bond donors (Lipinski definition) is 2. The van der Waals surface area contributed by atoms with Gasteiger partial charge in [-0.2, -0.15) is 0 Å². The largest absolute Gasteiger partial charge is 0.486 e. The summed E-state index contributed by atoms with van der Waals surface area (Å²) in [5, 5.41) is 6.92. The normalized spacial score (nSPS) is 20.3. The number of rotatable bonds is 6. The number of halogens is 3. The average Bonchev–Trinajstić information content (AvgIpc) is 3.37. The first kappa shape index (κ1) is 19.2. The highest BCUT2D eigenvalue weighted by atomic mass is 35.5. The van der Waals surface area contributed by atoms with E-state index in [0.717, 1.165) is 30.8 Å². The Morgan fingerprint density at radius 1 is 1.27 bits per heavy atom. The molecule has 0 amide bonds. The second-order valence-corrected chi connectivity index (χ2v) is 7.79. The molecule has 0 radical (unpaired) electrons. The van der Waals surface area contributed by atoms with Gasteiger partial charge in [0.2, 0.25) is 0 Å². The molecule has 2 N–H and O–H groups in total. The lowest BCUT2D eigenvalue weighted by Gasteiger charge is -2.28. The van der Waals surface area contributed by atoms with Crippen molar-refractivity contribution in [2.45, 2.75) is 24.9 Å². The molecule has 0 spiro atoms. The number of alkyl halides is 2. The molecular weight excluding hydrogens is 414 g/mol. The van der Waals surface area contributed by atoms with E-state index in [1.807, 2.05) is 12.1 Å². The Balaban J connectivity index is 1.41. The van der Waals surface area contributed by atoms with Gasteiger partial charge in [0.15, 0.2) is 5.82 Å². The second kappa shape index (κ2) is 7.81. The summed E-state index contributed by atoms with van der Waals surface area (Å²) in [6.45, 7) is 1.21. The fourth-order valence-electron chi connectivity index (χ4n) is 4.01. The summed E-state index contributed by atoms with van der Waals surface area (Å²) in [6.07, 6.45) is 0.0393. The maximum atomic E-state index is 12.4. The Labute approximate surface area is 176 Å². The summed E-state index contributed by atoms with van der Waals surface area (Å²) in [5.41, 5.74) is 2.02. The van der Waals surface area contributed by atoms with Gasteiger partial charge in [-0.3, -0.25) is 0 Å². The van der Waals surface area contributed by atoms with E-state index >= 15 is 0 Å². The second-order valence-electron chi connectivity index (χ2n) is 7.38. The molecule has 10 heteroatoms. The van der Waals surface area contributed by atoms with Crippen LogP contribution in [0.4, 0.5) is 26.1 Å². The van der Waals surface area contributed by atoms with Crippen LogP contribution in [0.5, 0.6) is 5.75 Å². The first-order chi connectivity index (χ1) is 14.6. The number of aromatic nitrogens is 3. The molecule has 2 saturated heterocycles. The number of anilines is 3. The predicted molar refractivity (Wildman–Crippen MR) is 111 cm³/mol. The zero-order valence-electron chi connectivity index (χ0n) is 15.9. The highest BCUT2D eigenvalue weighted by molar-refractivity contribution is 6.32. The molecule has 0 aliphatic carbocycles. The topological polar surface area (TPSA) is 75.2 Å². The van der Waals surface area contributed by atoms with Crippen LogP contribution >= 0.6 is 11.6 Å². The molecule has 2 aliphatic rings. The Kier molecular flexibility index (Phi) is 5.00. The smallest absolute Gasteiger partial charge is 0.272 e. The first-order valence-corrected chi connectivity index (χ1v) is 10.0. The van der Waals surface area contributed by atoms with E-state index in [2.05, 4.69) is 25.5 Å². The molecule has 2 aromatic heterocycles. The van der Waals surface area contributed by atoms with Gasteiger partial charge < -0.3 is 20.3 Å². The highest BCUT2D eigenvalue weighted by Crippen LogP contribution is 2.32. The number of pyridine rings is 1. The first-order valence-electron chi connectivity index (χ1n) is 9.66. The third-order valence-electron chi connectivity index (χ3n) is 5.38. The van der Waals surface area contributed by atoms with Crippen molar-refractivity contribution in [2.24, 2.45) is 0 Å². The summed E-state index contributed by atoms with van der Waals surface area (Å²) in [7, 11) is 0. The van der Waals surface area contributed by atoms with Crippen LogP contribution in [-0.2, 0) is 0 Å². The number of hydrogen-bond acceptors (Lipinski definition) is 7. The van der Waals surface area contributed by atoms with Crippen LogP contribution in [-0.4, -0.2) is 53.2 Å². The molecule has 156 valence electrons. The van der Waals surface area contributed by atoms with Gasteiger partial charge in [0.1, 0.15) is 30.0 Å². The maximum absolute atomic E-state index is 12.4. The summed E-state index contributed by atoms with van der Waals surface area (Å²) >= 11 is 6.17. The summed E-state index contributed by atoms with van der Waals surface area (Å²) in [5.74, 6) is 1.65. The van der Waals surface area contributed by atoms with Crippen molar-refractivity contribution in [1.82, 2.24) is 20.3 Å². The zero-order valence-corrected chi connectivity index (χ0v) is 16.6. The maximum Gasteiger partial charge on any atom is 0.272 e. The van der Waals surface area contributed by atoms with E-state index in [9.17, 15) is 8.78 Å². The Bertz CT molecular complexity index is 1080. The average molecular weight is 433 g/mol. The van der Waals surface area contributed by atoms with Crippen LogP contribution in [0.3, 0.4) is 0 Å². The fourth-order valence-corrected chi connectivity index (χ4v) is 4.24. The molecule has 4 heterocycles. The van der Waals surface area contributed by atoms with Crippen molar-refractivity contribution in [3.05, 3.63) is 41.7 Å². The van der Waals surface area contributed by atoms with Crippen LogP contribution in [0.2, 0.25) is 5.02 Å². The number of fused-ring (bicyclic) bond motifs is 3. The Morgan fingerprint density at radius 3 is 2.90 bits per heavy atom. The van der Waals surface area contributed by atoms with Gasteiger partial charge in [-0.1, -0.05) is 11.6 Å². The number of nitrogens with zero attached hydrogens (tertiary/aromatic N) is 4. The molecule has 2 atom stereocenters. The molecule has 2 bridgehead atoms. The monoisotopic (exact) mass is 432 g/mol. The molecule has 2 aliphatic heterocycles. The lowest BCUT2D eigenvalue weighted by Crippen LogP contribution is -2.44. The minimum absolute atomic E-state index is 0.202. The van der Waals surface area contributed by atoms with Crippen molar-refractivity contribution in [2.75, 3.05) is 29.9 Å². The summed E-state index contributed by atoms with van der Waals surface area (Å²) in [4.78, 5) is 15.8. The van der Waals surface area contributed by atoms with Gasteiger partial charge in [0.05, 0.1) is 10.5 Å². The Morgan fingerprint density at radius 2 is 2.17 bits per heavy atom. The molecule has 1 aromatic carbocycles. The van der Waals surface area contributed by atoms with Crippen molar-refractivity contribution in [1.29, 1.82) is 0 Å². The molecule has 2 fully saturated rings. The van der Waals surface area contributed by atoms with Crippen LogP contribution in [0.1, 0.15) is 6.42 Å². The number of ether oxygens (including phenoxy) is 1. The summed E-state index contributed by atoms with van der Waals surface area (Å²) in [6, 6.07) is 9.75.